The van der Waals surface area contributed by atoms with Gasteiger partial charge in [-0.2, -0.15) is 50.5 Å². The molecule has 0 spiro atoms. The van der Waals surface area contributed by atoms with E-state index in [1.54, 1.807) is 0 Å². The Morgan fingerprint density at radius 2 is 0.861 bits per heavy atom. The first-order valence-electron chi connectivity index (χ1n) is 21.3. The molecule has 79 heavy (non-hydrogen) atoms. The van der Waals surface area contributed by atoms with Gasteiger partial charge < -0.3 is 10.6 Å². The third-order valence-electron chi connectivity index (χ3n) is 11.8. The van der Waals surface area contributed by atoms with Crippen molar-refractivity contribution in [1.29, 1.82) is 0 Å². The molecular formula is C44H33N5O24S6. The molecule has 2 aliphatic rings. The quantitative estimate of drug-likeness (QED) is 0.0320. The van der Waals surface area contributed by atoms with Gasteiger partial charge in [0.25, 0.3) is 78.2 Å². The Morgan fingerprint density at radius 3 is 1.15 bits per heavy atom. The van der Waals surface area contributed by atoms with Crippen molar-refractivity contribution in [2.45, 2.75) is 43.2 Å². The Bertz CT molecular complexity index is 4280. The molecule has 0 saturated heterocycles. The largest absolute Gasteiger partial charge is 0.321 e. The molecule has 2 aliphatic carbocycles. The lowest BCUT2D eigenvalue weighted by molar-refractivity contribution is -0.384. The molecule has 0 aromatic heterocycles. The number of carbonyl (C=O) groups excluding carboxylic acids is 4. The smallest absolute Gasteiger partial charge is 0.295 e. The summed E-state index contributed by atoms with van der Waals surface area (Å²) in [4.78, 5) is 65.3. The second-order valence-electron chi connectivity index (χ2n) is 16.8. The fourth-order valence-corrected chi connectivity index (χ4v) is 12.6. The minimum Gasteiger partial charge on any atom is -0.321 e. The molecule has 0 saturated carbocycles. The van der Waals surface area contributed by atoms with Crippen LogP contribution in [0.25, 0.3) is 32.7 Å². The zero-order chi connectivity index (χ0) is 58.9. The number of nitrogens with zero attached hydrogens (tertiary/aromatic N) is 3. The van der Waals surface area contributed by atoms with Crippen LogP contribution >= 0.6 is 0 Å². The summed E-state index contributed by atoms with van der Waals surface area (Å²) in [6.45, 7) is 2.88. The van der Waals surface area contributed by atoms with Gasteiger partial charge in [-0.25, -0.2) is 9.98 Å². The number of benzene rings is 5. The molecule has 0 radical (unpaired) electrons. The van der Waals surface area contributed by atoms with E-state index >= 15 is 0 Å². The zero-order valence-electron chi connectivity index (χ0n) is 39.3. The highest BCUT2D eigenvalue weighted by Gasteiger charge is 2.34. The van der Waals surface area contributed by atoms with Gasteiger partial charge in [-0.1, -0.05) is 38.2 Å². The summed E-state index contributed by atoms with van der Waals surface area (Å²) in [7, 11) is -32.9. The van der Waals surface area contributed by atoms with Crippen molar-refractivity contribution >= 4 is 147 Å². The average Bonchev–Trinajstić information content (AvgIpc) is 3.47. The van der Waals surface area contributed by atoms with Gasteiger partial charge in [-0.3, -0.25) is 56.6 Å². The van der Waals surface area contributed by atoms with Crippen molar-refractivity contribution < 1.29 is 102 Å². The highest BCUT2D eigenvalue weighted by Crippen LogP contribution is 2.42. The first-order valence-corrected chi connectivity index (χ1v) is 29.9. The van der Waals surface area contributed by atoms with Crippen molar-refractivity contribution in [3.63, 3.8) is 0 Å². The van der Waals surface area contributed by atoms with Gasteiger partial charge in [0.05, 0.1) is 37.5 Å². The van der Waals surface area contributed by atoms with E-state index < -0.39 is 191 Å². The fraction of sp³-hybridized carbons (Fsp3) is 0.0909. The minimum atomic E-state index is -5.65. The van der Waals surface area contributed by atoms with E-state index in [1.807, 2.05) is 0 Å². The van der Waals surface area contributed by atoms with Crippen molar-refractivity contribution in [3.05, 3.63) is 123 Å². The lowest BCUT2D eigenvalue weighted by atomic mass is 9.80. The van der Waals surface area contributed by atoms with E-state index in [2.05, 4.69) is 20.6 Å². The molecule has 414 valence electrons. The molecule has 0 aliphatic heterocycles. The van der Waals surface area contributed by atoms with Gasteiger partial charge in [-0.05, 0) is 65.7 Å². The van der Waals surface area contributed by atoms with Crippen LogP contribution < -0.4 is 10.6 Å². The van der Waals surface area contributed by atoms with Crippen LogP contribution in [0.4, 0.5) is 17.1 Å². The lowest BCUT2D eigenvalue weighted by Gasteiger charge is -2.25. The number of rotatable bonds is 15. The molecule has 7 rings (SSSR count). The second kappa shape index (κ2) is 20.7. The Balaban J connectivity index is 1.51. The third-order valence-corrected chi connectivity index (χ3v) is 17.1. The van der Waals surface area contributed by atoms with Crippen LogP contribution in [0, 0.1) is 22.0 Å². The van der Waals surface area contributed by atoms with Crippen molar-refractivity contribution in [1.82, 2.24) is 0 Å². The first-order chi connectivity index (χ1) is 36.4. The van der Waals surface area contributed by atoms with E-state index in [0.717, 1.165) is 30.4 Å². The van der Waals surface area contributed by atoms with Crippen LogP contribution in [-0.4, -0.2) is 119 Å². The van der Waals surface area contributed by atoms with E-state index in [4.69, 9.17) is 0 Å². The van der Waals surface area contributed by atoms with Gasteiger partial charge in [0, 0.05) is 67.8 Å². The monoisotopic (exact) mass is 1210 g/mol. The predicted octanol–water partition coefficient (Wildman–Crippen LogP) is 3.77. The molecule has 2 unspecified atom stereocenters. The number of carbonyl (C=O) groups is 4. The number of nitro groups is 1. The zero-order valence-corrected chi connectivity index (χ0v) is 44.2. The summed E-state index contributed by atoms with van der Waals surface area (Å²) in [5.74, 6) is -4.59. The molecule has 0 fully saturated rings. The maximum absolute atomic E-state index is 14.7. The Morgan fingerprint density at radius 1 is 0.519 bits per heavy atom. The number of aliphatic imine (C=N–C) groups is 2. The lowest BCUT2D eigenvalue weighted by Crippen LogP contribution is -2.25. The van der Waals surface area contributed by atoms with Gasteiger partial charge >= 0.3 is 0 Å². The van der Waals surface area contributed by atoms with Crippen LogP contribution in [0.5, 0.6) is 0 Å². The van der Waals surface area contributed by atoms with Crippen molar-refractivity contribution in [2.75, 3.05) is 10.6 Å². The molecule has 5 aromatic rings. The Kier molecular flexibility index (Phi) is 15.4. The average molecular weight is 1210 g/mol. The predicted molar refractivity (Wildman–Crippen MR) is 275 cm³/mol. The highest BCUT2D eigenvalue weighted by atomic mass is 32.2. The fourth-order valence-electron chi connectivity index (χ4n) is 8.56. The standard InChI is InChI=1S/C44H33N5O24S6/c1-20-3-5-27(43(52)47-31-7-9-33(76(62,63)64)29-14-25(74(56,57)58)16-35(39(29)31)78(68,69)70)37(41(20)45-18-50)22-11-23(13-24(12-22)49(54)55)38-28(6-4-21(2)42(38)46-19-51)44(53)48-32-8-10-34(77(65,66)67)30-15-26(75(59,60)61)17-36(40(30)32)79(71,72)73/h3-21H,1-2H3,(H,47,52)(H,48,53)(H,56,57,58)(H,59,60,61)(H,62,63,64)(H,65,66,67)(H,68,69,70)(H,71,72,73). The molecular weight excluding hydrogens is 1170 g/mol. The van der Waals surface area contributed by atoms with Gasteiger partial charge in [0.15, 0.2) is 0 Å². The summed E-state index contributed by atoms with van der Waals surface area (Å²) in [5.41, 5.74) is -5.78. The third kappa shape index (κ3) is 11.8. The SMILES string of the molecule is CC1C=CC(C(=O)Nc2ccc(S(=O)(=O)O)c3cc(S(=O)(=O)O)cc(S(=O)(=O)O)c23)=C(c2cc(C3=C(C(=O)Nc4ccc(S(=O)(=O)O)c5cc(S(=O)(=O)O)cc(S(=O)(=O)O)c45)C=CC(C)C3=NC=O)cc([N+](=O)[O-])c2)C1=NC=O. The van der Waals surface area contributed by atoms with Crippen molar-refractivity contribution in [3.8, 4) is 0 Å². The van der Waals surface area contributed by atoms with Gasteiger partial charge in [0.2, 0.25) is 12.8 Å². The molecule has 0 heterocycles. The maximum Gasteiger partial charge on any atom is 0.295 e. The number of allylic oxidation sites excluding steroid dienone is 4. The molecule has 5 aromatic carbocycles. The number of anilines is 2. The number of hydrogen-bond donors (Lipinski definition) is 8. The van der Waals surface area contributed by atoms with Crippen LogP contribution in [0.15, 0.2) is 142 Å². The topological polar surface area (TPSA) is 486 Å². The number of amides is 4. The molecule has 35 heteroatoms. The number of fused-ring (bicyclic) bond motifs is 2. The van der Waals surface area contributed by atoms with Gasteiger partial charge in [-0.15, -0.1) is 0 Å². The Hall–Kier alpha value is -7.94. The van der Waals surface area contributed by atoms with Crippen LogP contribution in [0.1, 0.15) is 25.0 Å². The summed E-state index contributed by atoms with van der Waals surface area (Å²) in [5, 5.41) is 13.4. The molecule has 4 amide bonds. The van der Waals surface area contributed by atoms with E-state index in [-0.39, 0.29) is 36.4 Å². The summed E-state index contributed by atoms with van der Waals surface area (Å²) >= 11 is 0. The number of hydrogen-bond acceptors (Lipinski definition) is 18. The summed E-state index contributed by atoms with van der Waals surface area (Å²) in [6, 6.07) is 6.46. The highest BCUT2D eigenvalue weighted by molar-refractivity contribution is 7.88. The van der Waals surface area contributed by atoms with E-state index in [1.165, 1.54) is 26.0 Å². The van der Waals surface area contributed by atoms with Gasteiger partial charge in [0.1, 0.15) is 19.6 Å². The first kappa shape index (κ1) is 58.7. The number of nitro benzene ring substituents is 1. The van der Waals surface area contributed by atoms with E-state index in [9.17, 15) is 107 Å². The number of nitrogens with one attached hydrogen (secondary N) is 2. The maximum atomic E-state index is 14.7. The number of non-ortho nitro benzene ring substituents is 1. The minimum absolute atomic E-state index is 0.0160. The summed E-state index contributed by atoms with van der Waals surface area (Å²) in [6.07, 6.45) is 4.79. The van der Waals surface area contributed by atoms with E-state index in [0.29, 0.717) is 36.4 Å². The molecule has 8 N–H and O–H groups in total. The molecule has 0 bridgehead atoms. The van der Waals surface area contributed by atoms with Crippen LogP contribution in [0.2, 0.25) is 0 Å². The van der Waals surface area contributed by atoms with Crippen LogP contribution in [0.3, 0.4) is 0 Å². The molecule has 29 nitrogen and oxygen atoms in total. The summed E-state index contributed by atoms with van der Waals surface area (Å²) < 4.78 is 210. The normalized spacial score (nSPS) is 17.6. The second-order valence-corrected chi connectivity index (χ2v) is 25.2. The van der Waals surface area contributed by atoms with Crippen LogP contribution in [-0.2, 0) is 79.9 Å². The molecule has 2 atom stereocenters. The Labute approximate surface area is 445 Å². The van der Waals surface area contributed by atoms with Crippen molar-refractivity contribution in [2.24, 2.45) is 21.8 Å².